The fourth-order valence-electron chi connectivity index (χ4n) is 2.89. The highest BCUT2D eigenvalue weighted by atomic mass is 79.9. The van der Waals surface area contributed by atoms with Gasteiger partial charge in [0.15, 0.2) is 0 Å². The third kappa shape index (κ3) is 3.38. The third-order valence-corrected chi connectivity index (χ3v) is 4.18. The maximum Gasteiger partial charge on any atom is 0.272 e. The number of aryl methyl sites for hydroxylation is 2. The normalized spacial score (nSPS) is 16.6. The number of rotatable bonds is 4. The number of carbonyl (C=O) groups is 1. The van der Waals surface area contributed by atoms with Crippen LogP contribution in [0.4, 0.5) is 0 Å². The minimum absolute atomic E-state index is 0.120. The van der Waals surface area contributed by atoms with Gasteiger partial charge in [-0.15, -0.1) is 0 Å². The molecule has 0 atom stereocenters. The van der Waals surface area contributed by atoms with Gasteiger partial charge in [-0.2, -0.15) is 5.10 Å². The molecule has 1 fully saturated rings. The third-order valence-electron chi connectivity index (χ3n) is 3.82. The SMILES string of the molecule is Cc1cc(C(=O)N(CCBr)C2CCCCC2)n(C)n1. The number of hydrogen-bond donors (Lipinski definition) is 0. The zero-order valence-corrected chi connectivity index (χ0v) is 13.3. The molecule has 2 rings (SSSR count). The highest BCUT2D eigenvalue weighted by molar-refractivity contribution is 9.09. The van der Waals surface area contributed by atoms with Crippen molar-refractivity contribution in [3.63, 3.8) is 0 Å². The zero-order valence-electron chi connectivity index (χ0n) is 11.7. The van der Waals surface area contributed by atoms with Gasteiger partial charge in [0.2, 0.25) is 0 Å². The van der Waals surface area contributed by atoms with E-state index in [1.54, 1.807) is 4.68 Å². The summed E-state index contributed by atoms with van der Waals surface area (Å²) >= 11 is 3.46. The summed E-state index contributed by atoms with van der Waals surface area (Å²) in [5, 5.41) is 5.10. The molecule has 1 aliphatic rings. The first-order chi connectivity index (χ1) is 9.13. The maximum absolute atomic E-state index is 12.7. The van der Waals surface area contributed by atoms with Gasteiger partial charge in [-0.25, -0.2) is 0 Å². The van der Waals surface area contributed by atoms with Gasteiger partial charge < -0.3 is 4.90 Å². The zero-order chi connectivity index (χ0) is 13.8. The molecule has 106 valence electrons. The van der Waals surface area contributed by atoms with Gasteiger partial charge in [0.05, 0.1) is 5.69 Å². The van der Waals surface area contributed by atoms with E-state index in [9.17, 15) is 4.79 Å². The molecule has 1 heterocycles. The Morgan fingerprint density at radius 1 is 1.47 bits per heavy atom. The summed E-state index contributed by atoms with van der Waals surface area (Å²) in [4.78, 5) is 14.7. The topological polar surface area (TPSA) is 38.1 Å². The van der Waals surface area contributed by atoms with Crippen LogP contribution in [-0.4, -0.2) is 38.5 Å². The maximum atomic E-state index is 12.7. The summed E-state index contributed by atoms with van der Waals surface area (Å²) in [5.41, 5.74) is 1.59. The predicted molar refractivity (Wildman–Crippen MR) is 79.6 cm³/mol. The van der Waals surface area contributed by atoms with Gasteiger partial charge in [-0.05, 0) is 25.8 Å². The Morgan fingerprint density at radius 3 is 2.68 bits per heavy atom. The number of amides is 1. The van der Waals surface area contributed by atoms with Gasteiger partial charge in [0.25, 0.3) is 5.91 Å². The van der Waals surface area contributed by atoms with Crippen LogP contribution in [0.15, 0.2) is 6.07 Å². The lowest BCUT2D eigenvalue weighted by atomic mass is 9.94. The van der Waals surface area contributed by atoms with E-state index >= 15 is 0 Å². The van der Waals surface area contributed by atoms with E-state index in [0.29, 0.717) is 11.7 Å². The van der Waals surface area contributed by atoms with E-state index in [1.807, 2.05) is 24.9 Å². The summed E-state index contributed by atoms with van der Waals surface area (Å²) in [6, 6.07) is 2.28. The first-order valence-electron chi connectivity index (χ1n) is 7.01. The molecule has 1 aromatic heterocycles. The molecular weight excluding hydrogens is 306 g/mol. The lowest BCUT2D eigenvalue weighted by Crippen LogP contribution is -2.43. The van der Waals surface area contributed by atoms with Gasteiger partial charge in [0, 0.05) is 25.0 Å². The molecule has 0 saturated heterocycles. The second-order valence-corrected chi connectivity index (χ2v) is 6.07. The fourth-order valence-corrected chi connectivity index (χ4v) is 3.27. The van der Waals surface area contributed by atoms with Gasteiger partial charge >= 0.3 is 0 Å². The van der Waals surface area contributed by atoms with Crippen LogP contribution in [0.2, 0.25) is 0 Å². The lowest BCUT2D eigenvalue weighted by molar-refractivity contribution is 0.0640. The number of alkyl halides is 1. The Bertz CT molecular complexity index is 438. The highest BCUT2D eigenvalue weighted by Gasteiger charge is 2.27. The molecule has 1 aromatic rings. The van der Waals surface area contributed by atoms with Crippen molar-refractivity contribution in [1.82, 2.24) is 14.7 Å². The van der Waals surface area contributed by atoms with Crippen molar-refractivity contribution in [3.05, 3.63) is 17.5 Å². The Hall–Kier alpha value is -0.840. The molecule has 0 radical (unpaired) electrons. The smallest absolute Gasteiger partial charge is 0.272 e. The summed E-state index contributed by atoms with van der Waals surface area (Å²) in [7, 11) is 1.84. The van der Waals surface area contributed by atoms with Gasteiger partial charge in [-0.1, -0.05) is 35.2 Å². The molecule has 0 bridgehead atoms. The Morgan fingerprint density at radius 2 is 2.16 bits per heavy atom. The number of halogens is 1. The van der Waals surface area contributed by atoms with Crippen LogP contribution in [0.5, 0.6) is 0 Å². The van der Waals surface area contributed by atoms with Crippen molar-refractivity contribution in [1.29, 1.82) is 0 Å². The second-order valence-electron chi connectivity index (χ2n) is 5.27. The van der Waals surface area contributed by atoms with Crippen LogP contribution in [0.1, 0.15) is 48.3 Å². The number of nitrogens with zero attached hydrogens (tertiary/aromatic N) is 3. The quantitative estimate of drug-likeness (QED) is 0.797. The number of carbonyl (C=O) groups excluding carboxylic acids is 1. The van der Waals surface area contributed by atoms with E-state index in [4.69, 9.17) is 0 Å². The number of aromatic nitrogens is 2. The first-order valence-corrected chi connectivity index (χ1v) is 8.13. The van der Waals surface area contributed by atoms with Crippen molar-refractivity contribution in [2.75, 3.05) is 11.9 Å². The molecule has 0 aliphatic heterocycles. The molecular formula is C14H22BrN3O. The van der Waals surface area contributed by atoms with E-state index in [1.165, 1.54) is 19.3 Å². The molecule has 0 unspecified atom stereocenters. The standard InChI is InChI=1S/C14H22BrN3O/c1-11-10-13(17(2)16-11)14(19)18(9-8-15)12-6-4-3-5-7-12/h10,12H,3-9H2,1-2H3. The van der Waals surface area contributed by atoms with E-state index < -0.39 is 0 Å². The molecule has 0 aromatic carbocycles. The van der Waals surface area contributed by atoms with Crippen molar-refractivity contribution in [3.8, 4) is 0 Å². The Labute approximate surface area is 123 Å². The van der Waals surface area contributed by atoms with E-state index in [-0.39, 0.29) is 5.91 Å². The van der Waals surface area contributed by atoms with Crippen LogP contribution in [-0.2, 0) is 7.05 Å². The minimum Gasteiger partial charge on any atom is -0.334 e. The highest BCUT2D eigenvalue weighted by Crippen LogP contribution is 2.24. The molecule has 1 aliphatic carbocycles. The average Bonchev–Trinajstić information content (AvgIpc) is 2.75. The van der Waals surface area contributed by atoms with Crippen molar-refractivity contribution >= 4 is 21.8 Å². The summed E-state index contributed by atoms with van der Waals surface area (Å²) < 4.78 is 1.70. The Balaban J connectivity index is 2.17. The first kappa shape index (κ1) is 14.6. The van der Waals surface area contributed by atoms with Crippen LogP contribution in [0, 0.1) is 6.92 Å². The van der Waals surface area contributed by atoms with Crippen LogP contribution in [0.25, 0.3) is 0 Å². The molecule has 0 spiro atoms. The monoisotopic (exact) mass is 327 g/mol. The summed E-state index contributed by atoms with van der Waals surface area (Å²) in [6.45, 7) is 2.69. The predicted octanol–water partition coefficient (Wildman–Crippen LogP) is 2.90. The van der Waals surface area contributed by atoms with Crippen molar-refractivity contribution < 1.29 is 4.79 Å². The second kappa shape index (κ2) is 6.55. The van der Waals surface area contributed by atoms with Crippen LogP contribution in [0.3, 0.4) is 0 Å². The fraction of sp³-hybridized carbons (Fsp3) is 0.714. The van der Waals surface area contributed by atoms with Crippen LogP contribution < -0.4 is 0 Å². The average molecular weight is 328 g/mol. The van der Waals surface area contributed by atoms with E-state index in [0.717, 1.165) is 30.4 Å². The van der Waals surface area contributed by atoms with Crippen LogP contribution >= 0.6 is 15.9 Å². The lowest BCUT2D eigenvalue weighted by Gasteiger charge is -2.34. The molecule has 1 saturated carbocycles. The molecule has 5 heteroatoms. The molecule has 1 amide bonds. The molecule has 0 N–H and O–H groups in total. The number of hydrogen-bond acceptors (Lipinski definition) is 2. The van der Waals surface area contributed by atoms with Gasteiger partial charge in [-0.3, -0.25) is 9.48 Å². The van der Waals surface area contributed by atoms with Crippen molar-refractivity contribution in [2.45, 2.75) is 45.1 Å². The van der Waals surface area contributed by atoms with Gasteiger partial charge in [0.1, 0.15) is 5.69 Å². The molecule has 4 nitrogen and oxygen atoms in total. The summed E-state index contributed by atoms with van der Waals surface area (Å²) in [6.07, 6.45) is 6.05. The Kier molecular flexibility index (Phi) is 5.02. The van der Waals surface area contributed by atoms with E-state index in [2.05, 4.69) is 21.0 Å². The van der Waals surface area contributed by atoms with Crippen molar-refractivity contribution in [2.24, 2.45) is 7.05 Å². The molecule has 19 heavy (non-hydrogen) atoms. The minimum atomic E-state index is 0.120. The largest absolute Gasteiger partial charge is 0.334 e. The summed E-state index contributed by atoms with van der Waals surface area (Å²) in [5.74, 6) is 0.120.